The molecule has 0 saturated carbocycles. The zero-order valence-electron chi connectivity index (χ0n) is 13.8. The summed E-state index contributed by atoms with van der Waals surface area (Å²) < 4.78 is 0.741. The molecule has 24 heavy (non-hydrogen) atoms. The van der Waals surface area contributed by atoms with Gasteiger partial charge in [-0.2, -0.15) is 0 Å². The number of likely N-dealkylation sites (N-methyl/N-ethyl adjacent to an activating group) is 1. The van der Waals surface area contributed by atoms with E-state index >= 15 is 0 Å². The van der Waals surface area contributed by atoms with Crippen LogP contribution in [0.1, 0.15) is 18.7 Å². The van der Waals surface area contributed by atoms with Crippen LogP contribution in [0.5, 0.6) is 0 Å². The third-order valence-corrected chi connectivity index (χ3v) is 4.74. The van der Waals surface area contributed by atoms with Crippen LogP contribution in [0.3, 0.4) is 0 Å². The molecular formula is C17H20ClN3O2S. The van der Waals surface area contributed by atoms with Crippen LogP contribution in [-0.2, 0) is 16.1 Å². The molecular weight excluding hydrogens is 346 g/mol. The van der Waals surface area contributed by atoms with Gasteiger partial charge < -0.3 is 10.6 Å². The van der Waals surface area contributed by atoms with E-state index in [0.29, 0.717) is 17.9 Å². The highest BCUT2D eigenvalue weighted by Gasteiger charge is 2.19. The van der Waals surface area contributed by atoms with Gasteiger partial charge in [0.05, 0.1) is 10.4 Å². The van der Waals surface area contributed by atoms with Gasteiger partial charge in [-0.25, -0.2) is 0 Å². The minimum absolute atomic E-state index is 0.111. The summed E-state index contributed by atoms with van der Waals surface area (Å²) in [5.74, 6) is -0.263. The van der Waals surface area contributed by atoms with E-state index in [1.807, 2.05) is 31.0 Å². The Bertz CT molecular complexity index is 732. The fraction of sp³-hybridized carbons (Fsp3) is 0.294. The molecule has 128 valence electrons. The van der Waals surface area contributed by atoms with E-state index in [0.717, 1.165) is 9.21 Å². The predicted octanol–water partition coefficient (Wildman–Crippen LogP) is 3.82. The minimum Gasteiger partial charge on any atom is -0.326 e. The van der Waals surface area contributed by atoms with E-state index in [9.17, 15) is 9.59 Å². The van der Waals surface area contributed by atoms with Crippen LogP contribution in [0.4, 0.5) is 11.4 Å². The smallest absolute Gasteiger partial charge is 0.241 e. The second kappa shape index (κ2) is 8.28. The summed E-state index contributed by atoms with van der Waals surface area (Å²) in [6.07, 6.45) is 0. The summed E-state index contributed by atoms with van der Waals surface area (Å²) in [6.45, 7) is 3.94. The van der Waals surface area contributed by atoms with Crippen LogP contribution >= 0.6 is 22.9 Å². The summed E-state index contributed by atoms with van der Waals surface area (Å²) >= 11 is 7.44. The van der Waals surface area contributed by atoms with Gasteiger partial charge in [0.15, 0.2) is 0 Å². The predicted molar refractivity (Wildman–Crippen MR) is 99.6 cm³/mol. The summed E-state index contributed by atoms with van der Waals surface area (Å²) in [5.41, 5.74) is 1.29. The van der Waals surface area contributed by atoms with E-state index in [2.05, 4.69) is 10.6 Å². The van der Waals surface area contributed by atoms with Crippen molar-refractivity contribution in [1.29, 1.82) is 0 Å². The standard InChI is InChI=1S/C17H20ClN3O2S/c1-11(21(3)10-15-7-8-16(18)24-15)17(23)20-14-6-4-5-13(9-14)19-12(2)22/h4-9,11H,10H2,1-3H3,(H,19,22)(H,20,23). The van der Waals surface area contributed by atoms with Gasteiger partial charge in [-0.3, -0.25) is 14.5 Å². The average Bonchev–Trinajstić information content (AvgIpc) is 2.91. The third kappa shape index (κ3) is 5.33. The summed E-state index contributed by atoms with van der Waals surface area (Å²) in [4.78, 5) is 26.6. The number of nitrogens with one attached hydrogen (secondary N) is 2. The van der Waals surface area contributed by atoms with Gasteiger partial charge in [0.2, 0.25) is 11.8 Å². The number of nitrogens with zero attached hydrogens (tertiary/aromatic N) is 1. The van der Waals surface area contributed by atoms with E-state index in [-0.39, 0.29) is 17.9 Å². The highest BCUT2D eigenvalue weighted by atomic mass is 35.5. The maximum atomic E-state index is 12.4. The first-order valence-electron chi connectivity index (χ1n) is 7.48. The molecule has 2 rings (SSSR count). The zero-order chi connectivity index (χ0) is 17.7. The molecule has 0 radical (unpaired) electrons. The number of amides is 2. The number of carbonyl (C=O) groups excluding carboxylic acids is 2. The number of rotatable bonds is 6. The maximum absolute atomic E-state index is 12.4. The average molecular weight is 366 g/mol. The Labute approximate surface area is 150 Å². The van der Waals surface area contributed by atoms with Crippen molar-refractivity contribution < 1.29 is 9.59 Å². The summed E-state index contributed by atoms with van der Waals surface area (Å²) in [5, 5.41) is 5.57. The number of hydrogen-bond donors (Lipinski definition) is 2. The molecule has 1 aromatic carbocycles. The molecule has 0 aliphatic heterocycles. The second-order valence-corrected chi connectivity index (χ2v) is 7.35. The maximum Gasteiger partial charge on any atom is 0.241 e. The molecule has 0 bridgehead atoms. The van der Waals surface area contributed by atoms with E-state index < -0.39 is 0 Å². The van der Waals surface area contributed by atoms with Crippen molar-refractivity contribution in [3.8, 4) is 0 Å². The molecule has 7 heteroatoms. The van der Waals surface area contributed by atoms with Crippen molar-refractivity contribution in [2.45, 2.75) is 26.4 Å². The van der Waals surface area contributed by atoms with Crippen molar-refractivity contribution in [3.05, 3.63) is 45.6 Å². The molecule has 2 aromatic rings. The number of anilines is 2. The fourth-order valence-electron chi connectivity index (χ4n) is 2.14. The van der Waals surface area contributed by atoms with Gasteiger partial charge in [0.25, 0.3) is 0 Å². The summed E-state index contributed by atoms with van der Waals surface area (Å²) in [6, 6.07) is 10.6. The number of carbonyl (C=O) groups is 2. The second-order valence-electron chi connectivity index (χ2n) is 5.55. The molecule has 2 N–H and O–H groups in total. The first-order valence-corrected chi connectivity index (χ1v) is 8.67. The van der Waals surface area contributed by atoms with Crippen LogP contribution in [0.2, 0.25) is 4.34 Å². The monoisotopic (exact) mass is 365 g/mol. The lowest BCUT2D eigenvalue weighted by Crippen LogP contribution is -2.39. The van der Waals surface area contributed by atoms with E-state index in [1.165, 1.54) is 18.3 Å². The van der Waals surface area contributed by atoms with Crippen LogP contribution in [0, 0.1) is 0 Å². The Morgan fingerprint density at radius 2 is 1.88 bits per heavy atom. The Hall–Kier alpha value is -1.89. The van der Waals surface area contributed by atoms with Crippen LogP contribution in [0.25, 0.3) is 0 Å². The highest BCUT2D eigenvalue weighted by molar-refractivity contribution is 7.16. The largest absolute Gasteiger partial charge is 0.326 e. The molecule has 0 fully saturated rings. The normalized spacial score (nSPS) is 12.0. The van der Waals surface area contributed by atoms with Crippen LogP contribution in [-0.4, -0.2) is 29.8 Å². The lowest BCUT2D eigenvalue weighted by atomic mass is 10.2. The molecule has 0 spiro atoms. The Morgan fingerprint density at radius 1 is 1.21 bits per heavy atom. The van der Waals surface area contributed by atoms with Gasteiger partial charge in [-0.1, -0.05) is 17.7 Å². The number of benzene rings is 1. The molecule has 2 amide bonds. The van der Waals surface area contributed by atoms with Gasteiger partial charge in [-0.15, -0.1) is 11.3 Å². The SMILES string of the molecule is CC(=O)Nc1cccc(NC(=O)C(C)N(C)Cc2ccc(Cl)s2)c1. The molecule has 1 atom stereocenters. The number of halogens is 1. The number of hydrogen-bond acceptors (Lipinski definition) is 4. The molecule has 0 aliphatic rings. The lowest BCUT2D eigenvalue weighted by molar-refractivity contribution is -0.120. The summed E-state index contributed by atoms with van der Waals surface area (Å²) in [7, 11) is 1.89. The lowest BCUT2D eigenvalue weighted by Gasteiger charge is -2.23. The van der Waals surface area contributed by atoms with Crippen molar-refractivity contribution in [3.63, 3.8) is 0 Å². The van der Waals surface area contributed by atoms with Gasteiger partial charge in [0, 0.05) is 29.7 Å². The van der Waals surface area contributed by atoms with E-state index in [1.54, 1.807) is 24.3 Å². The van der Waals surface area contributed by atoms with Crippen LogP contribution < -0.4 is 10.6 Å². The van der Waals surface area contributed by atoms with Crippen molar-refractivity contribution >= 4 is 46.1 Å². The molecule has 0 saturated heterocycles. The van der Waals surface area contributed by atoms with Gasteiger partial charge in [0.1, 0.15) is 0 Å². The quantitative estimate of drug-likeness (QED) is 0.818. The Morgan fingerprint density at radius 3 is 2.46 bits per heavy atom. The van der Waals surface area contributed by atoms with Gasteiger partial charge in [-0.05, 0) is 44.3 Å². The molecule has 1 heterocycles. The van der Waals surface area contributed by atoms with E-state index in [4.69, 9.17) is 11.6 Å². The van der Waals surface area contributed by atoms with Gasteiger partial charge >= 0.3 is 0 Å². The Balaban J connectivity index is 1.96. The fourth-order valence-corrected chi connectivity index (χ4v) is 3.30. The first-order chi connectivity index (χ1) is 11.3. The number of thiophene rings is 1. The third-order valence-electron chi connectivity index (χ3n) is 3.53. The Kier molecular flexibility index (Phi) is 6.36. The van der Waals surface area contributed by atoms with Crippen molar-refractivity contribution in [1.82, 2.24) is 4.90 Å². The molecule has 1 unspecified atom stereocenters. The zero-order valence-corrected chi connectivity index (χ0v) is 15.4. The highest BCUT2D eigenvalue weighted by Crippen LogP contribution is 2.23. The van der Waals surface area contributed by atoms with Crippen molar-refractivity contribution in [2.75, 3.05) is 17.7 Å². The molecule has 5 nitrogen and oxygen atoms in total. The topological polar surface area (TPSA) is 61.4 Å². The first kappa shape index (κ1) is 18.4. The van der Waals surface area contributed by atoms with Crippen molar-refractivity contribution in [2.24, 2.45) is 0 Å². The van der Waals surface area contributed by atoms with Crippen LogP contribution in [0.15, 0.2) is 36.4 Å². The molecule has 1 aromatic heterocycles. The molecule has 0 aliphatic carbocycles. The minimum atomic E-state index is -0.310.